The number of rotatable bonds is 8. The summed E-state index contributed by atoms with van der Waals surface area (Å²) in [6, 6.07) is 67.7. The fourth-order valence-electron chi connectivity index (χ4n) is 9.61. The highest BCUT2D eigenvalue weighted by Crippen LogP contribution is 2.38. The number of aromatic nitrogens is 4. The highest BCUT2D eigenvalue weighted by atomic mass is 16.3. The molecule has 304 valence electrons. The predicted molar refractivity (Wildman–Crippen MR) is 262 cm³/mol. The molecule has 12 rings (SSSR count). The normalized spacial score (nSPS) is 13.0. The van der Waals surface area contributed by atoms with Gasteiger partial charge < -0.3 is 4.42 Å². The first-order chi connectivity index (χ1) is 31.6. The average molecular weight is 824 g/mol. The third kappa shape index (κ3) is 6.50. The quantitative estimate of drug-likeness (QED) is 0.143. The van der Waals surface area contributed by atoms with Gasteiger partial charge in [-0.25, -0.2) is 4.98 Å². The van der Waals surface area contributed by atoms with E-state index in [0.29, 0.717) is 24.1 Å². The number of nitrogens with zero attached hydrogens (tertiary/aromatic N) is 5. The monoisotopic (exact) mass is 823 g/mol. The first kappa shape index (κ1) is 37.5. The molecule has 1 aliphatic carbocycles. The molecule has 64 heavy (non-hydrogen) atoms. The minimum atomic E-state index is 0.513. The van der Waals surface area contributed by atoms with Crippen LogP contribution in [-0.4, -0.2) is 25.2 Å². The van der Waals surface area contributed by atoms with Gasteiger partial charge in [0.05, 0.1) is 23.3 Å². The number of furan rings is 1. The molecule has 3 aromatic heterocycles. The zero-order chi connectivity index (χ0) is 42.6. The van der Waals surface area contributed by atoms with Gasteiger partial charge in [-0.1, -0.05) is 158 Å². The molecule has 11 aromatic rings. The van der Waals surface area contributed by atoms with Crippen molar-refractivity contribution < 1.29 is 4.42 Å². The van der Waals surface area contributed by atoms with Crippen LogP contribution >= 0.6 is 0 Å². The summed E-state index contributed by atoms with van der Waals surface area (Å²) in [7, 11) is 0. The SMILES string of the molecule is CC1=C(C(=NCc2cccc3oc4cc(-c5nc(-c6ccccc6)nc(-n6c7ccccc7c7cc(-c8ccccc8)ccc76)n5)ccc4c23)c2ccccc2)CCc2ccccc21. The lowest BCUT2D eigenvalue weighted by atomic mass is 9.83. The third-order valence-corrected chi connectivity index (χ3v) is 12.7. The number of hydrogen-bond donors (Lipinski definition) is 0. The van der Waals surface area contributed by atoms with E-state index in [9.17, 15) is 0 Å². The fourth-order valence-corrected chi connectivity index (χ4v) is 9.61. The minimum absolute atomic E-state index is 0.513. The molecular formula is C58H41N5O. The summed E-state index contributed by atoms with van der Waals surface area (Å²) in [4.78, 5) is 21.0. The molecule has 0 saturated heterocycles. The predicted octanol–water partition coefficient (Wildman–Crippen LogP) is 14.3. The van der Waals surface area contributed by atoms with Crippen LogP contribution in [0, 0.1) is 0 Å². The number of allylic oxidation sites excluding steroid dienone is 2. The molecule has 0 unspecified atom stereocenters. The van der Waals surface area contributed by atoms with Crippen LogP contribution in [0.3, 0.4) is 0 Å². The second-order valence-electron chi connectivity index (χ2n) is 16.5. The molecule has 6 heteroatoms. The Morgan fingerprint density at radius 3 is 2.05 bits per heavy atom. The molecule has 0 radical (unpaired) electrons. The van der Waals surface area contributed by atoms with Crippen molar-refractivity contribution in [3.05, 3.63) is 222 Å². The van der Waals surface area contributed by atoms with E-state index in [1.807, 2.05) is 42.5 Å². The molecule has 0 spiro atoms. The lowest BCUT2D eigenvalue weighted by Gasteiger charge is -2.23. The Labute approximate surface area is 370 Å². The van der Waals surface area contributed by atoms with Crippen LogP contribution in [0.1, 0.15) is 35.6 Å². The number of hydrogen-bond acceptors (Lipinski definition) is 5. The van der Waals surface area contributed by atoms with Gasteiger partial charge in [-0.3, -0.25) is 9.56 Å². The maximum absolute atomic E-state index is 6.67. The molecule has 0 saturated carbocycles. The van der Waals surface area contributed by atoms with Crippen LogP contribution in [0.15, 0.2) is 209 Å². The van der Waals surface area contributed by atoms with Gasteiger partial charge in [0.2, 0.25) is 5.95 Å². The number of para-hydroxylation sites is 1. The highest BCUT2D eigenvalue weighted by Gasteiger charge is 2.22. The Kier molecular flexibility index (Phi) is 9.15. The largest absolute Gasteiger partial charge is 0.456 e. The highest BCUT2D eigenvalue weighted by molar-refractivity contribution is 6.17. The van der Waals surface area contributed by atoms with Crippen LogP contribution in [-0.2, 0) is 13.0 Å². The van der Waals surface area contributed by atoms with E-state index in [0.717, 1.165) is 90.1 Å². The molecule has 0 atom stereocenters. The van der Waals surface area contributed by atoms with E-state index >= 15 is 0 Å². The van der Waals surface area contributed by atoms with Crippen molar-refractivity contribution in [2.24, 2.45) is 4.99 Å². The Balaban J connectivity index is 0.976. The second kappa shape index (κ2) is 15.6. The van der Waals surface area contributed by atoms with Gasteiger partial charge in [0.15, 0.2) is 11.6 Å². The zero-order valence-corrected chi connectivity index (χ0v) is 35.2. The van der Waals surface area contributed by atoms with E-state index in [1.54, 1.807) is 0 Å². The first-order valence-corrected chi connectivity index (χ1v) is 21.9. The lowest BCUT2D eigenvalue weighted by Crippen LogP contribution is -2.13. The van der Waals surface area contributed by atoms with Crippen LogP contribution in [0.5, 0.6) is 0 Å². The molecule has 6 nitrogen and oxygen atoms in total. The lowest BCUT2D eigenvalue weighted by molar-refractivity contribution is 0.668. The summed E-state index contributed by atoms with van der Waals surface area (Å²) in [5.41, 5.74) is 16.4. The topological polar surface area (TPSA) is 69.1 Å². The van der Waals surface area contributed by atoms with Crippen LogP contribution in [0.25, 0.3) is 89.2 Å². The standard InChI is InChI=1S/C58H41N5O/c1-37-45-24-12-11-18-39(45)28-31-46(37)55(40-19-7-3-8-20-40)59-36-44-23-15-27-52-54(44)48-32-29-43(35-53(48)64-52)57-60-56(41-21-9-4-10-22-41)61-58(62-57)63-50-26-14-13-25-47(50)49-34-42(30-33-51(49)63)38-16-5-2-6-17-38/h2-27,29-30,32-35H,28,31,36H2,1H3. The van der Waals surface area contributed by atoms with Gasteiger partial charge in [0.25, 0.3) is 0 Å². The Morgan fingerprint density at radius 1 is 0.531 bits per heavy atom. The van der Waals surface area contributed by atoms with E-state index in [4.69, 9.17) is 24.4 Å². The van der Waals surface area contributed by atoms with Crippen molar-refractivity contribution >= 4 is 55.0 Å². The van der Waals surface area contributed by atoms with E-state index in [-0.39, 0.29) is 0 Å². The number of aryl methyl sites for hydroxylation is 1. The molecule has 0 N–H and O–H groups in total. The third-order valence-electron chi connectivity index (χ3n) is 12.7. The van der Waals surface area contributed by atoms with Crippen molar-refractivity contribution in [3.8, 4) is 39.9 Å². The molecule has 0 aliphatic heterocycles. The minimum Gasteiger partial charge on any atom is -0.456 e. The summed E-state index contributed by atoms with van der Waals surface area (Å²) in [6.07, 6.45) is 1.96. The average Bonchev–Trinajstić information content (AvgIpc) is 3.91. The summed E-state index contributed by atoms with van der Waals surface area (Å²) >= 11 is 0. The van der Waals surface area contributed by atoms with Gasteiger partial charge in [0.1, 0.15) is 11.2 Å². The molecule has 1 aliphatic rings. The van der Waals surface area contributed by atoms with Gasteiger partial charge in [0, 0.05) is 32.7 Å². The maximum Gasteiger partial charge on any atom is 0.238 e. The van der Waals surface area contributed by atoms with Crippen molar-refractivity contribution in [2.45, 2.75) is 26.3 Å². The summed E-state index contributed by atoms with van der Waals surface area (Å²) in [5.74, 6) is 1.71. The van der Waals surface area contributed by atoms with E-state index in [1.165, 1.54) is 27.8 Å². The second-order valence-corrected chi connectivity index (χ2v) is 16.5. The number of benzene rings is 8. The Hall–Kier alpha value is -8.22. The van der Waals surface area contributed by atoms with Crippen molar-refractivity contribution in [1.82, 2.24) is 19.5 Å². The zero-order valence-electron chi connectivity index (χ0n) is 35.2. The van der Waals surface area contributed by atoms with Crippen LogP contribution in [0.4, 0.5) is 0 Å². The number of fused-ring (bicyclic) bond motifs is 7. The van der Waals surface area contributed by atoms with Gasteiger partial charge in [-0.05, 0) is 101 Å². The van der Waals surface area contributed by atoms with Gasteiger partial charge >= 0.3 is 0 Å². The number of aliphatic imine (C=N–C) groups is 1. The van der Waals surface area contributed by atoms with Crippen LogP contribution < -0.4 is 0 Å². The maximum atomic E-state index is 6.67. The van der Waals surface area contributed by atoms with Gasteiger partial charge in [-0.2, -0.15) is 9.97 Å². The Bertz CT molecular complexity index is 3640. The van der Waals surface area contributed by atoms with Crippen molar-refractivity contribution in [1.29, 1.82) is 0 Å². The van der Waals surface area contributed by atoms with Gasteiger partial charge in [-0.15, -0.1) is 0 Å². The summed E-state index contributed by atoms with van der Waals surface area (Å²) in [5, 5.41) is 4.37. The van der Waals surface area contributed by atoms with Crippen molar-refractivity contribution in [2.75, 3.05) is 0 Å². The molecule has 0 fully saturated rings. The Morgan fingerprint density at radius 2 is 1.22 bits per heavy atom. The molecule has 8 aromatic carbocycles. The van der Waals surface area contributed by atoms with E-state index in [2.05, 4.69) is 163 Å². The fraction of sp³-hybridized carbons (Fsp3) is 0.0690. The smallest absolute Gasteiger partial charge is 0.238 e. The molecule has 0 amide bonds. The first-order valence-electron chi connectivity index (χ1n) is 21.9. The molecule has 0 bridgehead atoms. The summed E-state index contributed by atoms with van der Waals surface area (Å²) < 4.78 is 8.83. The molecule has 3 heterocycles. The van der Waals surface area contributed by atoms with Crippen molar-refractivity contribution in [3.63, 3.8) is 0 Å². The summed E-state index contributed by atoms with van der Waals surface area (Å²) in [6.45, 7) is 2.76. The van der Waals surface area contributed by atoms with E-state index < -0.39 is 0 Å². The molecular weight excluding hydrogens is 783 g/mol. The van der Waals surface area contributed by atoms with Crippen LogP contribution in [0.2, 0.25) is 0 Å².